The third-order valence-electron chi connectivity index (χ3n) is 1.33. The summed E-state index contributed by atoms with van der Waals surface area (Å²) < 4.78 is 5.09. The zero-order valence-electron chi connectivity index (χ0n) is 6.53. The van der Waals surface area contributed by atoms with Crippen LogP contribution in [0.25, 0.3) is 0 Å². The number of hydrogen-bond acceptors (Lipinski definition) is 4. The number of phenols is 2. The number of rotatable bonds is 3. The molecule has 4 nitrogen and oxygen atoms in total. The van der Waals surface area contributed by atoms with Gasteiger partial charge in [-0.05, 0) is 12.1 Å². The van der Waals surface area contributed by atoms with Crippen molar-refractivity contribution in [1.82, 2.24) is 0 Å². The lowest BCUT2D eigenvalue weighted by Crippen LogP contribution is -2.10. The number of benzene rings is 1. The molecule has 0 aliphatic heterocycles. The van der Waals surface area contributed by atoms with Crippen molar-refractivity contribution in [3.63, 3.8) is 0 Å². The van der Waals surface area contributed by atoms with Crippen molar-refractivity contribution in [2.45, 2.75) is 0 Å². The molecular formula is C8H11NO3. The monoisotopic (exact) mass is 169 g/mol. The van der Waals surface area contributed by atoms with Crippen LogP contribution in [-0.4, -0.2) is 23.4 Å². The standard InChI is InChI=1S/C8H11NO3/c9-3-4-12-6-1-2-7(10)8(11)5-6/h1-2,5,10-11H,3-4,9H2. The summed E-state index contributed by atoms with van der Waals surface area (Å²) in [7, 11) is 0. The fourth-order valence-electron chi connectivity index (χ4n) is 0.770. The van der Waals surface area contributed by atoms with Crippen LogP contribution in [0.15, 0.2) is 18.2 Å². The maximum atomic E-state index is 9.04. The Hall–Kier alpha value is -1.42. The van der Waals surface area contributed by atoms with E-state index in [-0.39, 0.29) is 11.5 Å². The summed E-state index contributed by atoms with van der Waals surface area (Å²) in [4.78, 5) is 0. The molecule has 0 saturated carbocycles. The summed E-state index contributed by atoms with van der Waals surface area (Å²) in [5.74, 6) is 0.148. The molecule has 1 aromatic rings. The molecule has 0 aromatic heterocycles. The number of ether oxygens (including phenoxy) is 1. The van der Waals surface area contributed by atoms with E-state index >= 15 is 0 Å². The third kappa shape index (κ3) is 2.03. The van der Waals surface area contributed by atoms with Crippen molar-refractivity contribution in [2.75, 3.05) is 13.2 Å². The van der Waals surface area contributed by atoms with Crippen molar-refractivity contribution < 1.29 is 14.9 Å². The maximum Gasteiger partial charge on any atom is 0.161 e. The van der Waals surface area contributed by atoms with E-state index in [9.17, 15) is 0 Å². The van der Waals surface area contributed by atoms with E-state index in [4.69, 9.17) is 20.7 Å². The summed E-state index contributed by atoms with van der Waals surface area (Å²) in [6, 6.07) is 4.26. The Balaban J connectivity index is 2.69. The molecule has 1 aromatic carbocycles. The van der Waals surface area contributed by atoms with Gasteiger partial charge in [-0.3, -0.25) is 0 Å². The highest BCUT2D eigenvalue weighted by Crippen LogP contribution is 2.28. The van der Waals surface area contributed by atoms with Gasteiger partial charge in [0.05, 0.1) is 0 Å². The lowest BCUT2D eigenvalue weighted by molar-refractivity contribution is 0.323. The van der Waals surface area contributed by atoms with E-state index in [1.165, 1.54) is 12.1 Å². The first-order chi connectivity index (χ1) is 5.74. The lowest BCUT2D eigenvalue weighted by atomic mass is 10.3. The van der Waals surface area contributed by atoms with Crippen LogP contribution >= 0.6 is 0 Å². The molecular weight excluding hydrogens is 158 g/mol. The Morgan fingerprint density at radius 1 is 1.25 bits per heavy atom. The summed E-state index contributed by atoms with van der Waals surface area (Å²) in [6.07, 6.45) is 0. The van der Waals surface area contributed by atoms with Crippen LogP contribution in [-0.2, 0) is 0 Å². The topological polar surface area (TPSA) is 75.7 Å². The average molecular weight is 169 g/mol. The predicted molar refractivity (Wildman–Crippen MR) is 44.3 cm³/mol. The van der Waals surface area contributed by atoms with Gasteiger partial charge in [-0.2, -0.15) is 0 Å². The normalized spacial score (nSPS) is 9.75. The van der Waals surface area contributed by atoms with Gasteiger partial charge in [-0.15, -0.1) is 0 Å². The molecule has 0 amide bonds. The zero-order valence-corrected chi connectivity index (χ0v) is 6.53. The number of aromatic hydroxyl groups is 2. The number of hydrogen-bond donors (Lipinski definition) is 3. The summed E-state index contributed by atoms with van der Waals surface area (Å²) in [5, 5.41) is 18.0. The molecule has 0 atom stereocenters. The average Bonchev–Trinajstić information content (AvgIpc) is 2.07. The first-order valence-corrected chi connectivity index (χ1v) is 3.59. The Labute approximate surface area is 70.2 Å². The Kier molecular flexibility index (Phi) is 2.76. The van der Waals surface area contributed by atoms with Crippen LogP contribution in [0, 0.1) is 0 Å². The minimum Gasteiger partial charge on any atom is -0.504 e. The van der Waals surface area contributed by atoms with Crippen LogP contribution in [0.5, 0.6) is 17.2 Å². The van der Waals surface area contributed by atoms with Gasteiger partial charge >= 0.3 is 0 Å². The summed E-state index contributed by atoms with van der Waals surface area (Å²) >= 11 is 0. The van der Waals surface area contributed by atoms with Crippen molar-refractivity contribution in [3.05, 3.63) is 18.2 Å². The van der Waals surface area contributed by atoms with Gasteiger partial charge in [0.25, 0.3) is 0 Å². The molecule has 0 saturated heterocycles. The molecule has 0 aliphatic rings. The molecule has 4 heteroatoms. The van der Waals surface area contributed by atoms with Crippen LogP contribution < -0.4 is 10.5 Å². The molecule has 4 N–H and O–H groups in total. The second-order valence-electron chi connectivity index (χ2n) is 2.29. The van der Waals surface area contributed by atoms with Gasteiger partial charge in [-0.25, -0.2) is 0 Å². The molecule has 0 unspecified atom stereocenters. The highest BCUT2D eigenvalue weighted by molar-refractivity contribution is 5.43. The minimum absolute atomic E-state index is 0.157. The number of nitrogens with two attached hydrogens (primary N) is 1. The predicted octanol–water partition coefficient (Wildman–Crippen LogP) is 0.435. The highest BCUT2D eigenvalue weighted by Gasteiger charge is 1.99. The van der Waals surface area contributed by atoms with Crippen LogP contribution in [0.3, 0.4) is 0 Å². The van der Waals surface area contributed by atoms with E-state index in [1.54, 1.807) is 6.07 Å². The first kappa shape index (κ1) is 8.67. The van der Waals surface area contributed by atoms with E-state index in [0.717, 1.165) is 0 Å². The Morgan fingerprint density at radius 2 is 2.00 bits per heavy atom. The lowest BCUT2D eigenvalue weighted by Gasteiger charge is -2.04. The Bertz CT molecular complexity index is 262. The highest BCUT2D eigenvalue weighted by atomic mass is 16.5. The second kappa shape index (κ2) is 3.82. The molecule has 0 bridgehead atoms. The van der Waals surface area contributed by atoms with E-state index in [2.05, 4.69) is 0 Å². The fourth-order valence-corrected chi connectivity index (χ4v) is 0.770. The molecule has 0 fully saturated rings. The molecule has 0 spiro atoms. The first-order valence-electron chi connectivity index (χ1n) is 3.59. The van der Waals surface area contributed by atoms with E-state index in [1.807, 2.05) is 0 Å². The van der Waals surface area contributed by atoms with Crippen molar-refractivity contribution in [3.8, 4) is 17.2 Å². The van der Waals surface area contributed by atoms with Gasteiger partial charge < -0.3 is 20.7 Å². The fraction of sp³-hybridized carbons (Fsp3) is 0.250. The second-order valence-corrected chi connectivity index (χ2v) is 2.29. The maximum absolute atomic E-state index is 9.04. The van der Waals surface area contributed by atoms with Gasteiger partial charge in [0, 0.05) is 12.6 Å². The van der Waals surface area contributed by atoms with E-state index in [0.29, 0.717) is 18.9 Å². The largest absolute Gasteiger partial charge is 0.504 e. The minimum atomic E-state index is -0.190. The van der Waals surface area contributed by atoms with Crippen molar-refractivity contribution >= 4 is 0 Å². The zero-order chi connectivity index (χ0) is 8.97. The molecule has 0 radical (unpaired) electrons. The number of phenolic OH excluding ortho intramolecular Hbond substituents is 2. The van der Waals surface area contributed by atoms with Crippen LogP contribution in [0.4, 0.5) is 0 Å². The summed E-state index contributed by atoms with van der Waals surface area (Å²) in [5.41, 5.74) is 5.21. The SMILES string of the molecule is NCCOc1ccc(O)c(O)c1. The molecule has 12 heavy (non-hydrogen) atoms. The van der Waals surface area contributed by atoms with Crippen molar-refractivity contribution in [2.24, 2.45) is 5.73 Å². The Morgan fingerprint density at radius 3 is 2.58 bits per heavy atom. The molecule has 1 rings (SSSR count). The van der Waals surface area contributed by atoms with Gasteiger partial charge in [0.2, 0.25) is 0 Å². The van der Waals surface area contributed by atoms with Gasteiger partial charge in [0.1, 0.15) is 12.4 Å². The summed E-state index contributed by atoms with van der Waals surface area (Å²) in [6.45, 7) is 0.811. The third-order valence-corrected chi connectivity index (χ3v) is 1.33. The quantitative estimate of drug-likeness (QED) is 0.574. The van der Waals surface area contributed by atoms with Crippen LogP contribution in [0.2, 0.25) is 0 Å². The molecule has 66 valence electrons. The van der Waals surface area contributed by atoms with Crippen molar-refractivity contribution in [1.29, 1.82) is 0 Å². The van der Waals surface area contributed by atoms with Gasteiger partial charge in [-0.1, -0.05) is 0 Å². The smallest absolute Gasteiger partial charge is 0.161 e. The van der Waals surface area contributed by atoms with E-state index < -0.39 is 0 Å². The molecule has 0 heterocycles. The van der Waals surface area contributed by atoms with Gasteiger partial charge in [0.15, 0.2) is 11.5 Å². The van der Waals surface area contributed by atoms with Crippen LogP contribution in [0.1, 0.15) is 0 Å². The molecule has 0 aliphatic carbocycles.